The lowest BCUT2D eigenvalue weighted by molar-refractivity contribution is -0.129. The highest BCUT2D eigenvalue weighted by atomic mass is 32.2. The van der Waals surface area contributed by atoms with E-state index in [-0.39, 0.29) is 5.75 Å². The van der Waals surface area contributed by atoms with Gasteiger partial charge in [0.2, 0.25) is 0 Å². The number of thiazole rings is 1. The van der Waals surface area contributed by atoms with E-state index in [0.717, 1.165) is 21.3 Å². The van der Waals surface area contributed by atoms with Gasteiger partial charge in [-0.1, -0.05) is 29.5 Å². The molecule has 0 saturated heterocycles. The SMILES string of the molecule is C#CCN(C(=S)CCSCCC(F)(F)F)c1sc(-c2cccnc2)nc1C. The van der Waals surface area contributed by atoms with E-state index < -0.39 is 12.6 Å². The first-order chi connectivity index (χ1) is 12.8. The molecule has 2 aromatic rings. The van der Waals surface area contributed by atoms with E-state index in [9.17, 15) is 13.2 Å². The van der Waals surface area contributed by atoms with Crippen molar-refractivity contribution >= 4 is 45.3 Å². The number of terminal acetylenes is 1. The number of anilines is 1. The second-order valence-electron chi connectivity index (χ2n) is 5.56. The Morgan fingerprint density at radius 1 is 1.41 bits per heavy atom. The molecular formula is C18H18F3N3S3. The highest BCUT2D eigenvalue weighted by Crippen LogP contribution is 2.34. The fourth-order valence-corrected chi connectivity index (χ4v) is 4.65. The summed E-state index contributed by atoms with van der Waals surface area (Å²) in [6, 6.07) is 3.77. The number of aryl methyl sites for hydroxylation is 1. The first kappa shape index (κ1) is 21.7. The molecular weight excluding hydrogens is 411 g/mol. The average Bonchev–Trinajstić information content (AvgIpc) is 3.00. The van der Waals surface area contributed by atoms with Gasteiger partial charge in [-0.2, -0.15) is 24.9 Å². The highest BCUT2D eigenvalue weighted by molar-refractivity contribution is 7.99. The van der Waals surface area contributed by atoms with Crippen molar-refractivity contribution in [3.05, 3.63) is 30.2 Å². The number of alkyl halides is 3. The monoisotopic (exact) mass is 429 g/mol. The van der Waals surface area contributed by atoms with Gasteiger partial charge < -0.3 is 4.90 Å². The molecule has 27 heavy (non-hydrogen) atoms. The maximum Gasteiger partial charge on any atom is 0.389 e. The van der Waals surface area contributed by atoms with E-state index in [1.54, 1.807) is 12.4 Å². The van der Waals surface area contributed by atoms with E-state index in [1.807, 2.05) is 24.0 Å². The first-order valence-electron chi connectivity index (χ1n) is 8.08. The molecule has 0 aliphatic heterocycles. The van der Waals surface area contributed by atoms with Gasteiger partial charge in [0.05, 0.1) is 23.6 Å². The van der Waals surface area contributed by atoms with Gasteiger partial charge in [-0.05, 0) is 24.8 Å². The lowest BCUT2D eigenvalue weighted by Crippen LogP contribution is -2.30. The minimum Gasteiger partial charge on any atom is -0.314 e. The molecule has 9 heteroatoms. The lowest BCUT2D eigenvalue weighted by atomic mass is 10.3. The Labute approximate surface area is 170 Å². The molecule has 0 atom stereocenters. The van der Waals surface area contributed by atoms with Crippen molar-refractivity contribution in [1.82, 2.24) is 9.97 Å². The van der Waals surface area contributed by atoms with Crippen molar-refractivity contribution in [1.29, 1.82) is 0 Å². The lowest BCUT2D eigenvalue weighted by Gasteiger charge is -2.21. The molecule has 0 fully saturated rings. The number of hydrogen-bond acceptors (Lipinski definition) is 5. The average molecular weight is 430 g/mol. The number of rotatable bonds is 8. The molecule has 0 radical (unpaired) electrons. The zero-order chi connectivity index (χ0) is 19.9. The Morgan fingerprint density at radius 3 is 2.81 bits per heavy atom. The van der Waals surface area contributed by atoms with Gasteiger partial charge in [0.15, 0.2) is 0 Å². The molecule has 3 nitrogen and oxygen atoms in total. The summed E-state index contributed by atoms with van der Waals surface area (Å²) < 4.78 is 36.6. The molecule has 2 aromatic heterocycles. The van der Waals surface area contributed by atoms with E-state index in [1.165, 1.54) is 23.1 Å². The summed E-state index contributed by atoms with van der Waals surface area (Å²) >= 11 is 8.20. The molecule has 144 valence electrons. The van der Waals surface area contributed by atoms with Crippen LogP contribution in [0.2, 0.25) is 0 Å². The van der Waals surface area contributed by atoms with E-state index in [4.69, 9.17) is 18.6 Å². The normalized spacial score (nSPS) is 11.2. The van der Waals surface area contributed by atoms with Crippen LogP contribution in [0.15, 0.2) is 24.5 Å². The minimum atomic E-state index is -4.12. The molecule has 2 heterocycles. The van der Waals surface area contributed by atoms with Gasteiger partial charge in [-0.25, -0.2) is 4.98 Å². The van der Waals surface area contributed by atoms with Gasteiger partial charge in [-0.3, -0.25) is 4.98 Å². The zero-order valence-electron chi connectivity index (χ0n) is 14.6. The predicted octanol–water partition coefficient (Wildman–Crippen LogP) is 5.36. The summed E-state index contributed by atoms with van der Waals surface area (Å²) in [6.07, 6.45) is 4.50. The Morgan fingerprint density at radius 2 is 2.19 bits per heavy atom. The third-order valence-electron chi connectivity index (χ3n) is 3.47. The molecule has 0 N–H and O–H groups in total. The summed E-state index contributed by atoms with van der Waals surface area (Å²) in [5, 5.41) is 1.68. The van der Waals surface area contributed by atoms with Crippen LogP contribution >= 0.6 is 35.3 Å². The van der Waals surface area contributed by atoms with Crippen molar-refractivity contribution in [2.24, 2.45) is 0 Å². The first-order valence-corrected chi connectivity index (χ1v) is 10.5. The van der Waals surface area contributed by atoms with Gasteiger partial charge in [-0.15, -0.1) is 6.42 Å². The Kier molecular flexibility index (Phi) is 8.07. The largest absolute Gasteiger partial charge is 0.389 e. The number of hydrogen-bond donors (Lipinski definition) is 0. The fraction of sp³-hybridized carbons (Fsp3) is 0.389. The summed E-state index contributed by atoms with van der Waals surface area (Å²) in [5.41, 5.74) is 1.72. The van der Waals surface area contributed by atoms with Crippen LogP contribution < -0.4 is 4.90 Å². The number of thiocarbonyl (C=S) groups is 1. The Bertz CT molecular complexity index is 798. The molecule has 0 aliphatic carbocycles. The van der Waals surface area contributed by atoms with Crippen molar-refractivity contribution in [2.45, 2.75) is 25.9 Å². The Hall–Kier alpha value is -1.63. The number of aromatic nitrogens is 2. The fourth-order valence-electron chi connectivity index (χ4n) is 2.20. The maximum absolute atomic E-state index is 12.2. The summed E-state index contributed by atoms with van der Waals surface area (Å²) in [6.45, 7) is 2.18. The molecule has 0 saturated carbocycles. The zero-order valence-corrected chi connectivity index (χ0v) is 17.1. The minimum absolute atomic E-state index is 0.0337. The van der Waals surface area contributed by atoms with Crippen LogP contribution in [0.4, 0.5) is 18.2 Å². The topological polar surface area (TPSA) is 29.0 Å². The second kappa shape index (κ2) is 10.1. The van der Waals surface area contributed by atoms with Crippen LogP contribution in [0.1, 0.15) is 18.5 Å². The van der Waals surface area contributed by atoms with Crippen LogP contribution in [0.25, 0.3) is 10.6 Å². The molecule has 0 bridgehead atoms. The number of nitrogens with zero attached hydrogens (tertiary/aromatic N) is 3. The van der Waals surface area contributed by atoms with Crippen molar-refractivity contribution < 1.29 is 13.2 Å². The van der Waals surface area contributed by atoms with Crippen molar-refractivity contribution in [3.63, 3.8) is 0 Å². The van der Waals surface area contributed by atoms with Crippen molar-refractivity contribution in [3.8, 4) is 22.9 Å². The third kappa shape index (κ3) is 6.79. The third-order valence-corrected chi connectivity index (χ3v) is 6.11. The molecule has 0 spiro atoms. The number of thioether (sulfide) groups is 1. The predicted molar refractivity (Wildman–Crippen MR) is 111 cm³/mol. The molecule has 0 aliphatic rings. The summed E-state index contributed by atoms with van der Waals surface area (Å²) in [7, 11) is 0. The van der Waals surface area contributed by atoms with Crippen LogP contribution in [0.5, 0.6) is 0 Å². The van der Waals surface area contributed by atoms with Gasteiger partial charge in [0.1, 0.15) is 10.0 Å². The van der Waals surface area contributed by atoms with E-state index in [2.05, 4.69) is 15.9 Å². The van der Waals surface area contributed by atoms with Crippen LogP contribution in [0.3, 0.4) is 0 Å². The van der Waals surface area contributed by atoms with Gasteiger partial charge in [0.25, 0.3) is 0 Å². The summed E-state index contributed by atoms with van der Waals surface area (Å²) in [5.74, 6) is 3.15. The maximum atomic E-state index is 12.2. The quantitative estimate of drug-likeness (QED) is 0.320. The molecule has 0 aromatic carbocycles. The standard InChI is InChI=1S/C18H18F3N3S3/c1-3-9-24(15(25)6-10-26-11-7-18(19,20)21)17-13(2)23-16(27-17)14-5-4-8-22-12-14/h1,4-5,8,12H,6-7,9-11H2,2H3. The molecule has 2 rings (SSSR count). The smallest absolute Gasteiger partial charge is 0.314 e. The molecule has 0 amide bonds. The van der Waals surface area contributed by atoms with Gasteiger partial charge >= 0.3 is 6.18 Å². The Balaban J connectivity index is 2.03. The van der Waals surface area contributed by atoms with Gasteiger partial charge in [0, 0.05) is 30.1 Å². The van der Waals surface area contributed by atoms with Crippen LogP contribution in [-0.2, 0) is 0 Å². The second-order valence-corrected chi connectivity index (χ2v) is 8.24. The highest BCUT2D eigenvalue weighted by Gasteiger charge is 2.26. The number of pyridine rings is 1. The van der Waals surface area contributed by atoms with Crippen LogP contribution in [0, 0.1) is 19.3 Å². The molecule has 0 unspecified atom stereocenters. The number of halogens is 3. The van der Waals surface area contributed by atoms with E-state index in [0.29, 0.717) is 23.7 Å². The summed E-state index contributed by atoms with van der Waals surface area (Å²) in [4.78, 5) is 11.1. The van der Waals surface area contributed by atoms with Crippen LogP contribution in [-0.4, -0.2) is 39.2 Å². The van der Waals surface area contributed by atoms with Crippen molar-refractivity contribution in [2.75, 3.05) is 23.0 Å². The van der Waals surface area contributed by atoms with E-state index >= 15 is 0 Å².